The Morgan fingerprint density at radius 2 is 1.64 bits per heavy atom. The van der Waals surface area contributed by atoms with Crippen LogP contribution in [0.3, 0.4) is 0 Å². The van der Waals surface area contributed by atoms with E-state index in [0.29, 0.717) is 5.69 Å². The molecule has 0 spiro atoms. The van der Waals surface area contributed by atoms with Crippen molar-refractivity contribution >= 4 is 11.6 Å². The molecule has 0 aliphatic rings. The lowest BCUT2D eigenvalue weighted by atomic mass is 10.0. The molecule has 0 fully saturated rings. The van der Waals surface area contributed by atoms with Gasteiger partial charge < -0.3 is 5.32 Å². The van der Waals surface area contributed by atoms with Gasteiger partial charge in [0.05, 0.1) is 0 Å². The SMILES string of the molecule is Cc1cc[n+](C)cc1-c1ccc(NC(=O)c2c(F)cccc2F)cc1. The molecule has 2 aromatic carbocycles. The van der Waals surface area contributed by atoms with Gasteiger partial charge in [-0.3, -0.25) is 4.79 Å². The monoisotopic (exact) mass is 339 g/mol. The fraction of sp³-hybridized carbons (Fsp3) is 0.100. The smallest absolute Gasteiger partial charge is 0.261 e. The number of nitrogens with zero attached hydrogens (tertiary/aromatic N) is 1. The van der Waals surface area contributed by atoms with E-state index in [4.69, 9.17) is 0 Å². The van der Waals surface area contributed by atoms with Crippen molar-refractivity contribution < 1.29 is 18.1 Å². The van der Waals surface area contributed by atoms with Crippen LogP contribution in [0.4, 0.5) is 14.5 Å². The molecule has 3 aromatic rings. The number of anilines is 1. The molecule has 3 nitrogen and oxygen atoms in total. The molecule has 1 N–H and O–H groups in total. The Balaban J connectivity index is 1.84. The fourth-order valence-electron chi connectivity index (χ4n) is 2.61. The highest BCUT2D eigenvalue weighted by Crippen LogP contribution is 2.24. The Morgan fingerprint density at radius 1 is 1.00 bits per heavy atom. The first-order valence-electron chi connectivity index (χ1n) is 7.77. The zero-order chi connectivity index (χ0) is 18.0. The van der Waals surface area contributed by atoms with Crippen LogP contribution in [0.1, 0.15) is 15.9 Å². The first-order chi connectivity index (χ1) is 12.0. The molecule has 1 amide bonds. The molecule has 126 valence electrons. The lowest BCUT2D eigenvalue weighted by Crippen LogP contribution is -2.26. The maximum atomic E-state index is 13.7. The van der Waals surface area contributed by atoms with Gasteiger partial charge in [-0.15, -0.1) is 0 Å². The summed E-state index contributed by atoms with van der Waals surface area (Å²) >= 11 is 0. The van der Waals surface area contributed by atoms with Gasteiger partial charge in [0.2, 0.25) is 0 Å². The Kier molecular flexibility index (Phi) is 4.57. The highest BCUT2D eigenvalue weighted by Gasteiger charge is 2.17. The number of hydrogen-bond donors (Lipinski definition) is 1. The van der Waals surface area contributed by atoms with Crippen LogP contribution in [0.5, 0.6) is 0 Å². The van der Waals surface area contributed by atoms with Crippen LogP contribution in [0.15, 0.2) is 60.9 Å². The normalized spacial score (nSPS) is 10.6. The number of carbonyl (C=O) groups excluding carboxylic acids is 1. The quantitative estimate of drug-likeness (QED) is 0.719. The standard InChI is InChI=1S/C20H16F2N2O/c1-13-10-11-24(2)12-16(13)14-6-8-15(9-7-14)23-20(25)19-17(21)4-3-5-18(19)22/h3-12H,1-2H3/p+1. The molecular weight excluding hydrogens is 322 g/mol. The van der Waals surface area contributed by atoms with Crippen molar-refractivity contribution in [2.45, 2.75) is 6.92 Å². The number of nitrogens with one attached hydrogen (secondary N) is 1. The summed E-state index contributed by atoms with van der Waals surface area (Å²) in [7, 11) is 1.94. The molecule has 0 unspecified atom stereocenters. The van der Waals surface area contributed by atoms with Crippen molar-refractivity contribution in [1.82, 2.24) is 0 Å². The predicted molar refractivity (Wildman–Crippen MR) is 92.1 cm³/mol. The number of aromatic nitrogens is 1. The number of aryl methyl sites for hydroxylation is 2. The van der Waals surface area contributed by atoms with Crippen LogP contribution < -0.4 is 9.88 Å². The molecule has 0 aliphatic heterocycles. The number of pyridine rings is 1. The summed E-state index contributed by atoms with van der Waals surface area (Å²) in [6.07, 6.45) is 3.98. The lowest BCUT2D eigenvalue weighted by molar-refractivity contribution is -0.671. The van der Waals surface area contributed by atoms with Gasteiger partial charge in [0, 0.05) is 17.3 Å². The van der Waals surface area contributed by atoms with Crippen molar-refractivity contribution in [3.8, 4) is 11.1 Å². The summed E-state index contributed by atoms with van der Waals surface area (Å²) in [5, 5.41) is 2.52. The van der Waals surface area contributed by atoms with Gasteiger partial charge in [0.15, 0.2) is 12.4 Å². The Labute approximate surface area is 144 Å². The summed E-state index contributed by atoms with van der Waals surface area (Å²) in [6, 6.07) is 12.5. The molecule has 0 atom stereocenters. The molecule has 0 radical (unpaired) electrons. The lowest BCUT2D eigenvalue weighted by Gasteiger charge is -2.09. The average Bonchev–Trinajstić information content (AvgIpc) is 2.58. The van der Waals surface area contributed by atoms with Gasteiger partial charge >= 0.3 is 0 Å². The van der Waals surface area contributed by atoms with Crippen molar-refractivity contribution in [3.63, 3.8) is 0 Å². The van der Waals surface area contributed by atoms with Gasteiger partial charge in [-0.25, -0.2) is 13.3 Å². The summed E-state index contributed by atoms with van der Waals surface area (Å²) in [4.78, 5) is 12.1. The highest BCUT2D eigenvalue weighted by molar-refractivity contribution is 6.04. The zero-order valence-electron chi connectivity index (χ0n) is 13.9. The molecule has 5 heteroatoms. The number of rotatable bonds is 3. The van der Waals surface area contributed by atoms with Gasteiger partial charge in [-0.05, 0) is 42.3 Å². The third kappa shape index (κ3) is 3.55. The second-order valence-electron chi connectivity index (χ2n) is 5.84. The molecule has 1 aromatic heterocycles. The number of halogens is 2. The van der Waals surface area contributed by atoms with E-state index in [9.17, 15) is 13.6 Å². The summed E-state index contributed by atoms with van der Waals surface area (Å²) in [5.74, 6) is -2.59. The maximum Gasteiger partial charge on any atom is 0.261 e. The van der Waals surface area contributed by atoms with E-state index in [-0.39, 0.29) is 0 Å². The van der Waals surface area contributed by atoms with Crippen molar-refractivity contribution in [2.24, 2.45) is 7.05 Å². The van der Waals surface area contributed by atoms with Crippen molar-refractivity contribution in [1.29, 1.82) is 0 Å². The minimum Gasteiger partial charge on any atom is -0.322 e. The van der Waals surface area contributed by atoms with Crippen molar-refractivity contribution in [2.75, 3.05) is 5.32 Å². The topological polar surface area (TPSA) is 33.0 Å². The number of carbonyl (C=O) groups is 1. The van der Waals surface area contributed by atoms with Crippen LogP contribution in [-0.4, -0.2) is 5.91 Å². The molecule has 0 saturated heterocycles. The van der Waals surface area contributed by atoms with Gasteiger partial charge in [0.1, 0.15) is 24.2 Å². The fourth-order valence-corrected chi connectivity index (χ4v) is 2.61. The van der Waals surface area contributed by atoms with E-state index < -0.39 is 23.1 Å². The Morgan fingerprint density at radius 3 is 2.28 bits per heavy atom. The summed E-state index contributed by atoms with van der Waals surface area (Å²) in [5.41, 5.74) is 3.07. The molecule has 25 heavy (non-hydrogen) atoms. The molecule has 0 bridgehead atoms. The molecule has 3 rings (SSSR count). The van der Waals surface area contributed by atoms with Crippen molar-refractivity contribution in [3.05, 3.63) is 83.7 Å². The first kappa shape index (κ1) is 16.8. The summed E-state index contributed by atoms with van der Waals surface area (Å²) in [6.45, 7) is 2.02. The molecular formula is C20H17F2N2O+. The minimum absolute atomic E-state index is 0.467. The second kappa shape index (κ2) is 6.81. The Hall–Kier alpha value is -3.08. The number of hydrogen-bond acceptors (Lipinski definition) is 1. The van der Waals surface area contributed by atoms with E-state index in [1.54, 1.807) is 12.1 Å². The molecule has 0 aliphatic carbocycles. The van der Waals surface area contributed by atoms with Gasteiger partial charge in [0.25, 0.3) is 5.91 Å². The van der Waals surface area contributed by atoms with E-state index in [0.717, 1.165) is 28.8 Å². The van der Waals surface area contributed by atoms with Crippen LogP contribution in [0.2, 0.25) is 0 Å². The van der Waals surface area contributed by atoms with Crippen LogP contribution in [0.25, 0.3) is 11.1 Å². The Bertz CT molecular complexity index is 917. The molecule has 1 heterocycles. The average molecular weight is 339 g/mol. The van der Waals surface area contributed by atoms with E-state index in [2.05, 4.69) is 5.32 Å². The van der Waals surface area contributed by atoms with Gasteiger partial charge in [-0.2, -0.15) is 0 Å². The molecule has 0 saturated carbocycles. The second-order valence-corrected chi connectivity index (χ2v) is 5.84. The predicted octanol–water partition coefficient (Wildman–Crippen LogP) is 4.02. The third-order valence-electron chi connectivity index (χ3n) is 3.96. The van der Waals surface area contributed by atoms with Crippen LogP contribution in [-0.2, 0) is 7.05 Å². The van der Waals surface area contributed by atoms with E-state index >= 15 is 0 Å². The highest BCUT2D eigenvalue weighted by atomic mass is 19.1. The first-order valence-corrected chi connectivity index (χ1v) is 7.77. The van der Waals surface area contributed by atoms with E-state index in [1.165, 1.54) is 6.07 Å². The number of amides is 1. The van der Waals surface area contributed by atoms with Gasteiger partial charge in [-0.1, -0.05) is 18.2 Å². The largest absolute Gasteiger partial charge is 0.322 e. The third-order valence-corrected chi connectivity index (χ3v) is 3.96. The maximum absolute atomic E-state index is 13.7. The number of benzene rings is 2. The van der Waals surface area contributed by atoms with Crippen LogP contribution >= 0.6 is 0 Å². The van der Waals surface area contributed by atoms with E-state index in [1.807, 2.05) is 49.1 Å². The zero-order valence-corrected chi connectivity index (χ0v) is 13.9. The van der Waals surface area contributed by atoms with Crippen LogP contribution in [0, 0.1) is 18.6 Å². The summed E-state index contributed by atoms with van der Waals surface area (Å²) < 4.78 is 29.3. The minimum atomic E-state index is -0.887.